The molecule has 0 aliphatic carbocycles. The van der Waals surface area contributed by atoms with Gasteiger partial charge in [-0.05, 0) is 30.7 Å². The van der Waals surface area contributed by atoms with Crippen LogP contribution in [0.2, 0.25) is 0 Å². The molecule has 3 aromatic rings. The third kappa shape index (κ3) is 3.76. The Morgan fingerprint density at radius 3 is 2.38 bits per heavy atom. The fraction of sp³-hybridized carbons (Fsp3) is 0.105. The van der Waals surface area contributed by atoms with Crippen LogP contribution in [0.15, 0.2) is 60.9 Å². The summed E-state index contributed by atoms with van der Waals surface area (Å²) in [5.74, 6) is 0.576. The van der Waals surface area contributed by atoms with Gasteiger partial charge in [-0.1, -0.05) is 29.8 Å². The van der Waals surface area contributed by atoms with Gasteiger partial charge in [0, 0.05) is 29.6 Å². The fourth-order valence-corrected chi connectivity index (χ4v) is 2.18. The summed E-state index contributed by atoms with van der Waals surface area (Å²) in [6.07, 6.45) is 3.31. The number of hydrogen-bond donors (Lipinski definition) is 2. The molecule has 3 N–H and O–H groups in total. The molecule has 0 saturated heterocycles. The zero-order valence-corrected chi connectivity index (χ0v) is 13.4. The molecule has 0 fully saturated rings. The van der Waals surface area contributed by atoms with Crippen molar-refractivity contribution in [3.8, 4) is 17.1 Å². The molecule has 0 saturated carbocycles. The van der Waals surface area contributed by atoms with Gasteiger partial charge in [0.2, 0.25) is 5.88 Å². The Morgan fingerprint density at radius 1 is 1.00 bits per heavy atom. The van der Waals surface area contributed by atoms with Crippen LogP contribution in [0.4, 0.5) is 0 Å². The molecular weight excluding hydrogens is 300 g/mol. The molecule has 1 aromatic carbocycles. The van der Waals surface area contributed by atoms with Gasteiger partial charge in [0.1, 0.15) is 12.4 Å². The lowest BCUT2D eigenvalue weighted by molar-refractivity contribution is 0.294. The van der Waals surface area contributed by atoms with E-state index in [1.807, 2.05) is 30.3 Å². The van der Waals surface area contributed by atoms with Gasteiger partial charge < -0.3 is 10.5 Å². The number of benzene rings is 1. The molecular formula is C19H18N4O. The van der Waals surface area contributed by atoms with Crippen LogP contribution in [-0.2, 0) is 6.61 Å². The van der Waals surface area contributed by atoms with Gasteiger partial charge in [0.15, 0.2) is 0 Å². The summed E-state index contributed by atoms with van der Waals surface area (Å²) in [4.78, 5) is 8.62. The van der Waals surface area contributed by atoms with E-state index in [0.29, 0.717) is 18.1 Å². The molecule has 0 radical (unpaired) electrons. The summed E-state index contributed by atoms with van der Waals surface area (Å²) in [5.41, 5.74) is 10.0. The molecule has 0 bridgehead atoms. The van der Waals surface area contributed by atoms with Crippen molar-refractivity contribution in [2.75, 3.05) is 0 Å². The Balaban J connectivity index is 1.66. The maximum absolute atomic E-state index is 7.38. The van der Waals surface area contributed by atoms with Crippen LogP contribution >= 0.6 is 0 Å². The Labute approximate surface area is 140 Å². The first-order chi connectivity index (χ1) is 11.6. The third-order valence-electron chi connectivity index (χ3n) is 3.61. The van der Waals surface area contributed by atoms with Crippen molar-refractivity contribution in [1.82, 2.24) is 9.97 Å². The maximum Gasteiger partial charge on any atom is 0.213 e. The van der Waals surface area contributed by atoms with Gasteiger partial charge >= 0.3 is 0 Å². The van der Waals surface area contributed by atoms with Crippen LogP contribution in [0.25, 0.3) is 11.3 Å². The number of nitrogens with zero attached hydrogens (tertiary/aromatic N) is 2. The zero-order chi connectivity index (χ0) is 16.9. The monoisotopic (exact) mass is 318 g/mol. The SMILES string of the molecule is Cc1ccc(COc2ccc(-c3ccc(C(=N)N)cn3)cn2)cc1. The highest BCUT2D eigenvalue weighted by atomic mass is 16.5. The molecule has 0 spiro atoms. The van der Waals surface area contributed by atoms with Crippen molar-refractivity contribution in [2.24, 2.45) is 5.73 Å². The topological polar surface area (TPSA) is 84.9 Å². The number of pyridine rings is 2. The maximum atomic E-state index is 7.38. The van der Waals surface area contributed by atoms with E-state index in [-0.39, 0.29) is 5.84 Å². The second-order valence-corrected chi connectivity index (χ2v) is 5.51. The Kier molecular flexibility index (Phi) is 4.52. The standard InChI is InChI=1S/C19H18N4O/c1-13-2-4-14(5-3-13)12-24-18-9-7-15(10-23-18)17-8-6-16(11-22-17)19(20)21/h2-11H,12H2,1H3,(H3,20,21). The minimum absolute atomic E-state index is 0.00651. The first-order valence-corrected chi connectivity index (χ1v) is 7.57. The lowest BCUT2D eigenvalue weighted by atomic mass is 10.1. The van der Waals surface area contributed by atoms with Crippen molar-refractivity contribution in [3.63, 3.8) is 0 Å². The number of nitrogen functional groups attached to an aromatic ring is 1. The zero-order valence-electron chi connectivity index (χ0n) is 13.4. The largest absolute Gasteiger partial charge is 0.473 e. The van der Waals surface area contributed by atoms with Gasteiger partial charge in [0.05, 0.1) is 5.69 Å². The predicted octanol–water partition coefficient (Wildman–Crippen LogP) is 3.32. The van der Waals surface area contributed by atoms with Crippen LogP contribution in [0.1, 0.15) is 16.7 Å². The van der Waals surface area contributed by atoms with Crippen molar-refractivity contribution in [3.05, 3.63) is 77.6 Å². The van der Waals surface area contributed by atoms with Crippen LogP contribution in [-0.4, -0.2) is 15.8 Å². The number of nitrogens with two attached hydrogens (primary N) is 1. The highest BCUT2D eigenvalue weighted by molar-refractivity contribution is 5.94. The van der Waals surface area contributed by atoms with Crippen molar-refractivity contribution in [2.45, 2.75) is 13.5 Å². The molecule has 0 atom stereocenters. The number of amidine groups is 1. The number of nitrogens with one attached hydrogen (secondary N) is 1. The molecule has 2 heterocycles. The van der Waals surface area contributed by atoms with Crippen LogP contribution < -0.4 is 10.5 Å². The van der Waals surface area contributed by atoms with E-state index < -0.39 is 0 Å². The second-order valence-electron chi connectivity index (χ2n) is 5.51. The lowest BCUT2D eigenvalue weighted by Crippen LogP contribution is -2.11. The van der Waals surface area contributed by atoms with Gasteiger partial charge in [-0.3, -0.25) is 10.4 Å². The van der Waals surface area contributed by atoms with Gasteiger partial charge in [-0.25, -0.2) is 4.98 Å². The predicted molar refractivity (Wildman–Crippen MR) is 94.0 cm³/mol. The minimum atomic E-state index is 0.00651. The average molecular weight is 318 g/mol. The van der Waals surface area contributed by atoms with Crippen LogP contribution in [0, 0.1) is 12.3 Å². The summed E-state index contributed by atoms with van der Waals surface area (Å²) in [6.45, 7) is 2.54. The first kappa shape index (κ1) is 15.7. The van der Waals surface area contributed by atoms with E-state index in [4.69, 9.17) is 15.9 Å². The van der Waals surface area contributed by atoms with E-state index in [1.165, 1.54) is 5.56 Å². The summed E-state index contributed by atoms with van der Waals surface area (Å²) >= 11 is 0. The molecule has 0 amide bonds. The molecule has 0 unspecified atom stereocenters. The Hall–Kier alpha value is -3.21. The highest BCUT2D eigenvalue weighted by Gasteiger charge is 2.03. The average Bonchev–Trinajstić information content (AvgIpc) is 2.62. The third-order valence-corrected chi connectivity index (χ3v) is 3.61. The number of aryl methyl sites for hydroxylation is 1. The molecule has 0 aliphatic rings. The Bertz CT molecular complexity index is 825. The fourth-order valence-electron chi connectivity index (χ4n) is 2.18. The van der Waals surface area contributed by atoms with E-state index in [9.17, 15) is 0 Å². The molecule has 2 aromatic heterocycles. The van der Waals surface area contributed by atoms with Gasteiger partial charge in [0.25, 0.3) is 0 Å². The summed E-state index contributed by atoms with van der Waals surface area (Å²) in [5, 5.41) is 7.38. The summed E-state index contributed by atoms with van der Waals surface area (Å²) in [7, 11) is 0. The van der Waals surface area contributed by atoms with E-state index in [0.717, 1.165) is 16.8 Å². The van der Waals surface area contributed by atoms with Crippen molar-refractivity contribution < 1.29 is 4.74 Å². The number of ether oxygens (including phenoxy) is 1. The molecule has 120 valence electrons. The van der Waals surface area contributed by atoms with Crippen LogP contribution in [0.3, 0.4) is 0 Å². The van der Waals surface area contributed by atoms with Crippen molar-refractivity contribution in [1.29, 1.82) is 5.41 Å². The van der Waals surface area contributed by atoms with Crippen molar-refractivity contribution >= 4 is 5.84 Å². The van der Waals surface area contributed by atoms with Gasteiger partial charge in [-0.15, -0.1) is 0 Å². The first-order valence-electron chi connectivity index (χ1n) is 7.57. The highest BCUT2D eigenvalue weighted by Crippen LogP contribution is 2.19. The van der Waals surface area contributed by atoms with Crippen LogP contribution in [0.5, 0.6) is 5.88 Å². The molecule has 0 aliphatic heterocycles. The lowest BCUT2D eigenvalue weighted by Gasteiger charge is -2.07. The minimum Gasteiger partial charge on any atom is -0.473 e. The molecule has 24 heavy (non-hydrogen) atoms. The Morgan fingerprint density at radius 2 is 1.79 bits per heavy atom. The number of rotatable bonds is 5. The summed E-state index contributed by atoms with van der Waals surface area (Å²) in [6, 6.07) is 15.5. The molecule has 3 rings (SSSR count). The molecule has 5 heteroatoms. The normalized spacial score (nSPS) is 10.4. The van der Waals surface area contributed by atoms with E-state index in [1.54, 1.807) is 18.5 Å². The second kappa shape index (κ2) is 6.91. The van der Waals surface area contributed by atoms with Gasteiger partial charge in [-0.2, -0.15) is 0 Å². The smallest absolute Gasteiger partial charge is 0.213 e. The van der Waals surface area contributed by atoms with E-state index >= 15 is 0 Å². The number of hydrogen-bond acceptors (Lipinski definition) is 4. The summed E-state index contributed by atoms with van der Waals surface area (Å²) < 4.78 is 5.70. The molecule has 5 nitrogen and oxygen atoms in total. The number of aromatic nitrogens is 2. The van der Waals surface area contributed by atoms with E-state index in [2.05, 4.69) is 29.0 Å². The quantitative estimate of drug-likeness (QED) is 0.558.